The first-order chi connectivity index (χ1) is 17.4. The molecule has 3 saturated carbocycles. The fourth-order valence-electron chi connectivity index (χ4n) is 6.44. The summed E-state index contributed by atoms with van der Waals surface area (Å²) < 4.78 is 35.8. The van der Waals surface area contributed by atoms with Gasteiger partial charge >= 0.3 is 0 Å². The second kappa shape index (κ2) is 8.52. The summed E-state index contributed by atoms with van der Waals surface area (Å²) in [6.45, 7) is 0.580. The molecule has 0 radical (unpaired) electrons. The maximum atomic E-state index is 14.8. The van der Waals surface area contributed by atoms with Crippen molar-refractivity contribution in [2.75, 3.05) is 0 Å². The number of halogens is 2. The van der Waals surface area contributed by atoms with Gasteiger partial charge in [-0.25, -0.2) is 18.4 Å². The molecule has 1 aromatic heterocycles. The topological polar surface area (TPSA) is 60.2 Å². The maximum Gasteiger partial charge on any atom is 0.137 e. The van der Waals surface area contributed by atoms with Gasteiger partial charge in [0.25, 0.3) is 0 Å². The van der Waals surface area contributed by atoms with Gasteiger partial charge in [-0.2, -0.15) is 5.10 Å². The summed E-state index contributed by atoms with van der Waals surface area (Å²) in [5, 5.41) is 15.8. The van der Waals surface area contributed by atoms with Crippen LogP contribution in [0.3, 0.4) is 0 Å². The molecule has 5 nitrogen and oxygen atoms in total. The highest BCUT2D eigenvalue weighted by atomic mass is 19.1. The minimum absolute atomic E-state index is 0.0533. The third kappa shape index (κ3) is 4.07. The number of rotatable bonds is 9. The minimum Gasteiger partial charge on any atom is -0.489 e. The fourth-order valence-corrected chi connectivity index (χ4v) is 6.44. The maximum absolute atomic E-state index is 14.8. The molecule has 36 heavy (non-hydrogen) atoms. The molecule has 3 aliphatic rings. The van der Waals surface area contributed by atoms with Crippen LogP contribution >= 0.6 is 0 Å². The Morgan fingerprint density at radius 3 is 2.39 bits per heavy atom. The molecule has 3 aliphatic carbocycles. The van der Waals surface area contributed by atoms with Crippen molar-refractivity contribution in [1.29, 1.82) is 0 Å². The molecule has 184 valence electrons. The predicted molar refractivity (Wildman–Crippen MR) is 130 cm³/mol. The van der Waals surface area contributed by atoms with Gasteiger partial charge in [0.15, 0.2) is 0 Å². The van der Waals surface area contributed by atoms with E-state index in [-0.39, 0.29) is 22.9 Å². The molecule has 7 heteroatoms. The summed E-state index contributed by atoms with van der Waals surface area (Å²) in [5.41, 5.74) is 0.973. The van der Waals surface area contributed by atoms with E-state index in [1.54, 1.807) is 0 Å². The van der Waals surface area contributed by atoms with E-state index in [9.17, 15) is 13.9 Å². The quantitative estimate of drug-likeness (QED) is 0.337. The second-order valence-electron chi connectivity index (χ2n) is 10.5. The molecule has 1 heterocycles. The van der Waals surface area contributed by atoms with Crippen molar-refractivity contribution in [3.8, 4) is 5.75 Å². The van der Waals surface area contributed by atoms with Gasteiger partial charge in [0.05, 0.1) is 6.54 Å². The number of hydrogen-bond acceptors (Lipinski definition) is 4. The van der Waals surface area contributed by atoms with Crippen LogP contribution in [-0.4, -0.2) is 19.9 Å². The Kier molecular flexibility index (Phi) is 5.41. The van der Waals surface area contributed by atoms with Gasteiger partial charge in [-0.05, 0) is 65.8 Å². The molecule has 7 rings (SSSR count). The molecule has 0 aliphatic heterocycles. The molecule has 4 aromatic rings. The van der Waals surface area contributed by atoms with E-state index in [4.69, 9.17) is 4.74 Å². The third-order valence-electron chi connectivity index (χ3n) is 7.85. The van der Waals surface area contributed by atoms with E-state index in [0.717, 1.165) is 36.6 Å². The molecule has 3 aromatic carbocycles. The molecule has 1 atom stereocenters. The van der Waals surface area contributed by atoms with Gasteiger partial charge in [0, 0.05) is 11.6 Å². The van der Waals surface area contributed by atoms with Crippen molar-refractivity contribution >= 4 is 0 Å². The number of nitrogens with zero attached hydrogens (tertiary/aromatic N) is 3. The lowest BCUT2D eigenvalue weighted by molar-refractivity contribution is -0.188. The zero-order valence-electron chi connectivity index (χ0n) is 19.8. The van der Waals surface area contributed by atoms with Crippen molar-refractivity contribution < 1.29 is 18.6 Å². The van der Waals surface area contributed by atoms with Crippen LogP contribution in [0.1, 0.15) is 42.4 Å². The van der Waals surface area contributed by atoms with Crippen LogP contribution in [0.2, 0.25) is 0 Å². The zero-order chi connectivity index (χ0) is 24.8. The highest BCUT2D eigenvalue weighted by Gasteiger charge is 2.69. The lowest BCUT2D eigenvalue weighted by Gasteiger charge is -2.72. The summed E-state index contributed by atoms with van der Waals surface area (Å²) in [6.07, 6.45) is 6.02. The Balaban J connectivity index is 1.15. The first-order valence-corrected chi connectivity index (χ1v) is 12.1. The Bertz CT molecular complexity index is 1340. The molecule has 0 amide bonds. The van der Waals surface area contributed by atoms with E-state index in [2.05, 4.69) is 22.2 Å². The minimum atomic E-state index is -1.52. The van der Waals surface area contributed by atoms with Crippen LogP contribution in [-0.2, 0) is 24.2 Å². The molecule has 0 spiro atoms. The van der Waals surface area contributed by atoms with Gasteiger partial charge in [-0.3, -0.25) is 0 Å². The largest absolute Gasteiger partial charge is 0.489 e. The molecular weight excluding hydrogens is 460 g/mol. The Morgan fingerprint density at radius 1 is 0.972 bits per heavy atom. The van der Waals surface area contributed by atoms with Crippen molar-refractivity contribution in [2.45, 2.75) is 49.9 Å². The van der Waals surface area contributed by atoms with Crippen molar-refractivity contribution in [1.82, 2.24) is 14.8 Å². The van der Waals surface area contributed by atoms with Crippen molar-refractivity contribution in [3.05, 3.63) is 114 Å². The molecular formula is C29H27F2N3O2. The summed E-state index contributed by atoms with van der Waals surface area (Å²) >= 11 is 0. The molecule has 3 fully saturated rings. The summed E-state index contributed by atoms with van der Waals surface area (Å²) in [5.74, 6) is -0.581. The van der Waals surface area contributed by atoms with Crippen molar-refractivity contribution in [2.24, 2.45) is 5.41 Å². The van der Waals surface area contributed by atoms with Gasteiger partial charge in [-0.1, -0.05) is 48.5 Å². The van der Waals surface area contributed by atoms with Crippen LogP contribution in [0.15, 0.2) is 85.5 Å². The van der Waals surface area contributed by atoms with Crippen molar-refractivity contribution in [3.63, 3.8) is 0 Å². The van der Waals surface area contributed by atoms with Gasteiger partial charge in [0.1, 0.15) is 42.2 Å². The van der Waals surface area contributed by atoms with Gasteiger partial charge in [0.2, 0.25) is 0 Å². The highest BCUT2D eigenvalue weighted by molar-refractivity contribution is 5.42. The van der Waals surface area contributed by atoms with Crippen LogP contribution in [0, 0.1) is 17.0 Å². The number of aliphatic hydroxyl groups is 1. The van der Waals surface area contributed by atoms with Gasteiger partial charge < -0.3 is 9.84 Å². The molecule has 1 unspecified atom stereocenters. The lowest BCUT2D eigenvalue weighted by atomic mass is 9.32. The van der Waals surface area contributed by atoms with E-state index >= 15 is 0 Å². The molecule has 1 N–H and O–H groups in total. The second-order valence-corrected chi connectivity index (χ2v) is 10.5. The number of aromatic nitrogens is 3. The van der Waals surface area contributed by atoms with Crippen LogP contribution in [0.25, 0.3) is 0 Å². The number of ether oxygens (including phenoxy) is 1. The highest BCUT2D eigenvalue weighted by Crippen LogP contribution is 2.76. The monoisotopic (exact) mass is 487 g/mol. The molecule has 0 saturated heterocycles. The number of benzene rings is 3. The van der Waals surface area contributed by atoms with Crippen LogP contribution < -0.4 is 4.74 Å². The fraction of sp³-hybridized carbons (Fsp3) is 0.310. The summed E-state index contributed by atoms with van der Waals surface area (Å²) in [4.78, 5) is 3.94. The zero-order valence-corrected chi connectivity index (χ0v) is 19.8. The normalized spacial score (nSPS) is 23.9. The van der Waals surface area contributed by atoms with Crippen LogP contribution in [0.4, 0.5) is 8.78 Å². The lowest BCUT2D eigenvalue weighted by Crippen LogP contribution is -2.66. The average molecular weight is 488 g/mol. The summed E-state index contributed by atoms with van der Waals surface area (Å²) in [7, 11) is 0. The Hall–Kier alpha value is -3.58. The average Bonchev–Trinajstić information content (AvgIpc) is 3.33. The first kappa shape index (κ1) is 22.9. The summed E-state index contributed by atoms with van der Waals surface area (Å²) in [6, 6.07) is 21.7. The van der Waals surface area contributed by atoms with Crippen LogP contribution in [0.5, 0.6) is 5.75 Å². The Labute approximate surface area is 208 Å². The number of hydrogen-bond donors (Lipinski definition) is 1. The molecule has 2 bridgehead atoms. The smallest absolute Gasteiger partial charge is 0.137 e. The van der Waals surface area contributed by atoms with E-state index in [0.29, 0.717) is 13.0 Å². The van der Waals surface area contributed by atoms with E-state index < -0.39 is 17.2 Å². The standard InChI is InChI=1S/C29H27F2N3O2/c30-23-8-11-25(26(31)12-23)29(35,18-34-20-32-19-33-34)17-27-14-28(15-27,16-27)22-6-9-24(10-7-22)36-13-21-4-2-1-3-5-21/h1-12,19-20,35H,13-18H2. The third-order valence-corrected chi connectivity index (χ3v) is 7.85. The van der Waals surface area contributed by atoms with E-state index in [1.165, 1.54) is 35.0 Å². The SMILES string of the molecule is OC(Cn1cncn1)(CC12CC(c3ccc(OCc4ccccc4)cc3)(C1)C2)c1ccc(F)cc1F. The Morgan fingerprint density at radius 2 is 1.72 bits per heavy atom. The van der Waals surface area contributed by atoms with Gasteiger partial charge in [-0.15, -0.1) is 0 Å². The first-order valence-electron chi connectivity index (χ1n) is 12.1. The predicted octanol–water partition coefficient (Wildman–Crippen LogP) is 5.54. The van der Waals surface area contributed by atoms with E-state index in [1.807, 2.05) is 42.5 Å².